The SMILES string of the molecule is [2H]C([2H])([2H])C1(C([2H])([2H])[2H])OB(C2CCCC2)[C@@H]2\C=C/C=C\C=C/[C@@H]21. The summed E-state index contributed by atoms with van der Waals surface area (Å²) in [5.41, 5.74) is -2.15. The van der Waals surface area contributed by atoms with Gasteiger partial charge in [-0.2, -0.15) is 0 Å². The van der Waals surface area contributed by atoms with E-state index in [-0.39, 0.29) is 18.6 Å². The summed E-state index contributed by atoms with van der Waals surface area (Å²) in [6, 6.07) is 0. The highest BCUT2D eigenvalue weighted by Crippen LogP contribution is 2.51. The molecule has 0 aromatic heterocycles. The summed E-state index contributed by atoms with van der Waals surface area (Å²) in [6.45, 7) is -5.81. The molecule has 2 atom stereocenters. The average Bonchev–Trinajstić information content (AvgIpc) is 3.02. The molecule has 0 aromatic rings. The molecule has 18 heavy (non-hydrogen) atoms. The van der Waals surface area contributed by atoms with E-state index in [0.29, 0.717) is 0 Å². The molecule has 0 radical (unpaired) electrons. The first-order valence-corrected chi connectivity index (χ1v) is 6.88. The maximum Gasteiger partial charge on any atom is 0.304 e. The summed E-state index contributed by atoms with van der Waals surface area (Å²) in [4.78, 5) is 0. The molecule has 0 spiro atoms. The Hall–Kier alpha value is -0.755. The number of hydrogen-bond acceptors (Lipinski definition) is 1. The van der Waals surface area contributed by atoms with Gasteiger partial charge in [0.15, 0.2) is 0 Å². The molecular formula is C16H23BO. The fourth-order valence-electron chi connectivity index (χ4n) is 3.54. The number of rotatable bonds is 1. The Morgan fingerprint density at radius 1 is 1.11 bits per heavy atom. The van der Waals surface area contributed by atoms with Crippen LogP contribution in [0.3, 0.4) is 0 Å². The van der Waals surface area contributed by atoms with E-state index < -0.39 is 25.2 Å². The molecule has 2 aliphatic carbocycles. The highest BCUT2D eigenvalue weighted by molar-refractivity contribution is 6.57. The standard InChI is InChI=1S/C16H23BO/c1-16(2)14-11-5-3-4-6-12-15(14)17(18-16)13-9-7-8-10-13/h3-6,11-15H,7-10H2,1-2H3/b4-3-,11-5-,12-6-/t14-,15+/m0/s1/i1D3,2D3. The van der Waals surface area contributed by atoms with E-state index in [4.69, 9.17) is 12.9 Å². The maximum absolute atomic E-state index is 8.01. The largest absolute Gasteiger partial charge is 0.430 e. The van der Waals surface area contributed by atoms with E-state index in [1.165, 1.54) is 0 Å². The topological polar surface area (TPSA) is 9.23 Å². The van der Waals surface area contributed by atoms with Gasteiger partial charge in [-0.15, -0.1) is 0 Å². The molecular weight excluding hydrogens is 219 g/mol. The van der Waals surface area contributed by atoms with Gasteiger partial charge in [-0.3, -0.25) is 0 Å². The first-order chi connectivity index (χ1) is 11.2. The van der Waals surface area contributed by atoms with E-state index in [9.17, 15) is 0 Å². The van der Waals surface area contributed by atoms with Crippen molar-refractivity contribution in [2.24, 2.45) is 5.92 Å². The van der Waals surface area contributed by atoms with E-state index in [1.807, 2.05) is 18.2 Å². The van der Waals surface area contributed by atoms with Gasteiger partial charge in [-0.25, -0.2) is 0 Å². The summed E-state index contributed by atoms with van der Waals surface area (Å²) in [7, 11) is 0. The summed E-state index contributed by atoms with van der Waals surface area (Å²) >= 11 is 0. The summed E-state index contributed by atoms with van der Waals surface area (Å²) in [5.74, 6) is -0.690. The Bertz CT molecular complexity index is 542. The molecule has 2 fully saturated rings. The summed E-state index contributed by atoms with van der Waals surface area (Å²) < 4.78 is 54.2. The fraction of sp³-hybridized carbons (Fsp3) is 0.625. The van der Waals surface area contributed by atoms with Crippen LogP contribution in [0.1, 0.15) is 47.6 Å². The molecule has 96 valence electrons. The lowest BCUT2D eigenvalue weighted by Crippen LogP contribution is -2.28. The Morgan fingerprint density at radius 2 is 1.83 bits per heavy atom. The first kappa shape index (κ1) is 7.14. The van der Waals surface area contributed by atoms with Gasteiger partial charge in [0.05, 0.1) is 5.60 Å². The van der Waals surface area contributed by atoms with Crippen molar-refractivity contribution in [3.05, 3.63) is 36.5 Å². The zero-order valence-corrected chi connectivity index (χ0v) is 10.5. The van der Waals surface area contributed by atoms with Crippen molar-refractivity contribution in [1.82, 2.24) is 0 Å². The van der Waals surface area contributed by atoms with E-state index in [2.05, 4.69) is 0 Å². The zero-order chi connectivity index (χ0) is 17.6. The highest BCUT2D eigenvalue weighted by Gasteiger charge is 2.52. The van der Waals surface area contributed by atoms with Gasteiger partial charge >= 0.3 is 6.92 Å². The number of fused-ring (bicyclic) bond motifs is 1. The number of allylic oxidation sites excluding steroid dienone is 5. The van der Waals surface area contributed by atoms with Crippen LogP contribution in [0.25, 0.3) is 0 Å². The molecule has 3 aliphatic rings. The molecule has 0 unspecified atom stereocenters. The molecule has 0 amide bonds. The summed E-state index contributed by atoms with van der Waals surface area (Å²) in [6.07, 6.45) is 15.1. The highest BCUT2D eigenvalue weighted by atomic mass is 16.5. The lowest BCUT2D eigenvalue weighted by Gasteiger charge is -2.26. The van der Waals surface area contributed by atoms with Crippen LogP contribution >= 0.6 is 0 Å². The van der Waals surface area contributed by atoms with Crippen LogP contribution in [0, 0.1) is 5.92 Å². The van der Waals surface area contributed by atoms with Crippen molar-refractivity contribution in [3.63, 3.8) is 0 Å². The van der Waals surface area contributed by atoms with Gasteiger partial charge in [0.25, 0.3) is 0 Å². The Morgan fingerprint density at radius 3 is 2.56 bits per heavy atom. The van der Waals surface area contributed by atoms with Crippen molar-refractivity contribution < 1.29 is 12.9 Å². The van der Waals surface area contributed by atoms with Crippen LogP contribution in [-0.4, -0.2) is 12.5 Å². The molecule has 0 aromatic carbocycles. The Balaban J connectivity index is 2.13. The Labute approximate surface area is 120 Å². The zero-order valence-electron chi connectivity index (χ0n) is 16.5. The van der Waals surface area contributed by atoms with Crippen molar-refractivity contribution in [1.29, 1.82) is 0 Å². The molecule has 1 saturated heterocycles. The van der Waals surface area contributed by atoms with E-state index in [0.717, 1.165) is 25.7 Å². The molecule has 0 bridgehead atoms. The minimum atomic E-state index is -2.73. The monoisotopic (exact) mass is 248 g/mol. The normalized spacial score (nSPS) is 46.3. The molecule has 1 nitrogen and oxygen atoms in total. The van der Waals surface area contributed by atoms with Crippen LogP contribution in [0.2, 0.25) is 11.6 Å². The average molecular weight is 248 g/mol. The third kappa shape index (κ3) is 2.11. The van der Waals surface area contributed by atoms with Crippen molar-refractivity contribution in [3.8, 4) is 0 Å². The molecule has 3 rings (SSSR count). The van der Waals surface area contributed by atoms with Gasteiger partial charge in [-0.1, -0.05) is 62.1 Å². The second-order valence-electron chi connectivity index (χ2n) is 5.62. The molecule has 1 heterocycles. The van der Waals surface area contributed by atoms with Crippen LogP contribution < -0.4 is 0 Å². The quantitative estimate of drug-likeness (QED) is 0.625. The Kier molecular flexibility index (Phi) is 1.88. The minimum Gasteiger partial charge on any atom is -0.430 e. The third-order valence-electron chi connectivity index (χ3n) is 4.43. The van der Waals surface area contributed by atoms with Crippen molar-refractivity contribution in [2.75, 3.05) is 0 Å². The van der Waals surface area contributed by atoms with Crippen molar-refractivity contribution >= 4 is 6.92 Å². The molecule has 1 saturated carbocycles. The predicted molar refractivity (Wildman–Crippen MR) is 77.8 cm³/mol. The fourth-order valence-corrected chi connectivity index (χ4v) is 3.54. The predicted octanol–water partition coefficient (Wildman–Crippen LogP) is 4.40. The second-order valence-corrected chi connectivity index (χ2v) is 5.62. The summed E-state index contributed by atoms with van der Waals surface area (Å²) in [5, 5.41) is 0. The van der Waals surface area contributed by atoms with Gasteiger partial charge < -0.3 is 4.65 Å². The first-order valence-electron chi connectivity index (χ1n) is 9.88. The van der Waals surface area contributed by atoms with Crippen LogP contribution in [0.5, 0.6) is 0 Å². The number of hydrogen-bond donors (Lipinski definition) is 0. The van der Waals surface area contributed by atoms with E-state index in [1.54, 1.807) is 18.2 Å². The third-order valence-corrected chi connectivity index (χ3v) is 4.43. The lowest BCUT2D eigenvalue weighted by atomic mass is 9.45. The molecule has 1 aliphatic heterocycles. The lowest BCUT2D eigenvalue weighted by molar-refractivity contribution is 0.100. The van der Waals surface area contributed by atoms with Crippen LogP contribution in [-0.2, 0) is 4.65 Å². The molecule has 2 heteroatoms. The van der Waals surface area contributed by atoms with Gasteiger partial charge in [-0.05, 0) is 25.3 Å². The van der Waals surface area contributed by atoms with Crippen molar-refractivity contribution in [2.45, 2.75) is 56.6 Å². The smallest absolute Gasteiger partial charge is 0.304 e. The van der Waals surface area contributed by atoms with Gasteiger partial charge in [0.2, 0.25) is 0 Å². The van der Waals surface area contributed by atoms with Crippen LogP contribution in [0.15, 0.2) is 36.5 Å². The van der Waals surface area contributed by atoms with Crippen LogP contribution in [0.4, 0.5) is 0 Å². The van der Waals surface area contributed by atoms with E-state index >= 15 is 0 Å². The van der Waals surface area contributed by atoms with Gasteiger partial charge in [0, 0.05) is 14.1 Å². The second kappa shape index (κ2) is 4.73. The minimum absolute atomic E-state index is 0.227. The molecule has 0 N–H and O–H groups in total. The van der Waals surface area contributed by atoms with Gasteiger partial charge in [0.1, 0.15) is 0 Å². The maximum atomic E-state index is 8.01.